The fourth-order valence-corrected chi connectivity index (χ4v) is 2.56. The largest absolute Gasteiger partial charge is 0.342 e. The number of benzene rings is 2. The van der Waals surface area contributed by atoms with Gasteiger partial charge in [-0.25, -0.2) is 4.39 Å². The summed E-state index contributed by atoms with van der Waals surface area (Å²) < 4.78 is 14.2. The van der Waals surface area contributed by atoms with Crippen molar-refractivity contribution in [1.29, 1.82) is 0 Å². The third kappa shape index (κ3) is 2.64. The summed E-state index contributed by atoms with van der Waals surface area (Å²) in [5.74, 6) is 0.517. The van der Waals surface area contributed by atoms with Crippen molar-refractivity contribution in [2.45, 2.75) is 13.3 Å². The number of anilines is 1. The minimum atomic E-state index is -0.258. The molecule has 0 saturated carbocycles. The summed E-state index contributed by atoms with van der Waals surface area (Å²) in [5.41, 5.74) is 4.23. The molecular formula is C18H18FN3. The molecule has 1 N–H and O–H groups in total. The number of benzodiazepines with no additional fused rings is 1. The molecule has 0 atom stereocenters. The summed E-state index contributed by atoms with van der Waals surface area (Å²) in [5, 5.41) is 3.29. The lowest BCUT2D eigenvalue weighted by Crippen LogP contribution is -2.14. The van der Waals surface area contributed by atoms with Crippen molar-refractivity contribution < 1.29 is 4.39 Å². The molecule has 3 rings (SSSR count). The SMILES string of the molecule is CCc1ccc2c(c1)C(c1ccccc1F)=NCC(=NC)N2. The minimum absolute atomic E-state index is 0.258. The van der Waals surface area contributed by atoms with E-state index in [0.717, 1.165) is 23.5 Å². The highest BCUT2D eigenvalue weighted by molar-refractivity contribution is 6.19. The normalized spacial score (nSPS) is 15.8. The lowest BCUT2D eigenvalue weighted by atomic mass is 9.97. The Morgan fingerprint density at radius 2 is 2.00 bits per heavy atom. The van der Waals surface area contributed by atoms with E-state index in [-0.39, 0.29) is 5.82 Å². The van der Waals surface area contributed by atoms with E-state index in [2.05, 4.69) is 34.4 Å². The average Bonchev–Trinajstić information content (AvgIpc) is 2.74. The van der Waals surface area contributed by atoms with Crippen molar-refractivity contribution in [2.75, 3.05) is 18.9 Å². The van der Waals surface area contributed by atoms with Crippen LogP contribution >= 0.6 is 0 Å². The van der Waals surface area contributed by atoms with Gasteiger partial charge in [0.25, 0.3) is 0 Å². The molecular weight excluding hydrogens is 277 g/mol. The van der Waals surface area contributed by atoms with Crippen LogP contribution in [0.5, 0.6) is 0 Å². The van der Waals surface area contributed by atoms with Gasteiger partial charge in [0.15, 0.2) is 0 Å². The fourth-order valence-electron chi connectivity index (χ4n) is 2.56. The number of aliphatic imine (C=N–C) groups is 2. The number of halogens is 1. The number of fused-ring (bicyclic) bond motifs is 1. The predicted octanol–water partition coefficient (Wildman–Crippen LogP) is 3.68. The topological polar surface area (TPSA) is 36.8 Å². The van der Waals surface area contributed by atoms with Crippen LogP contribution in [-0.4, -0.2) is 25.1 Å². The molecule has 0 saturated heterocycles. The van der Waals surface area contributed by atoms with Crippen molar-refractivity contribution in [3.63, 3.8) is 0 Å². The van der Waals surface area contributed by atoms with Gasteiger partial charge in [0.05, 0.1) is 12.3 Å². The molecule has 3 nitrogen and oxygen atoms in total. The zero-order valence-corrected chi connectivity index (χ0v) is 12.7. The van der Waals surface area contributed by atoms with Crippen LogP contribution in [0.15, 0.2) is 52.4 Å². The molecule has 0 bridgehead atoms. The van der Waals surface area contributed by atoms with Crippen molar-refractivity contribution >= 4 is 17.2 Å². The van der Waals surface area contributed by atoms with E-state index in [4.69, 9.17) is 0 Å². The molecule has 1 heterocycles. The summed E-state index contributed by atoms with van der Waals surface area (Å²) >= 11 is 0. The maximum absolute atomic E-state index is 14.2. The second-order valence-electron chi connectivity index (χ2n) is 5.17. The maximum atomic E-state index is 14.2. The zero-order chi connectivity index (χ0) is 15.5. The standard InChI is InChI=1S/C18H18FN3/c1-3-12-8-9-16-14(10-12)18(21-11-17(20-2)22-16)13-6-4-5-7-15(13)19/h4-10H,3,11H2,1-2H3,(H,20,22). The molecule has 0 unspecified atom stereocenters. The van der Waals surface area contributed by atoms with Gasteiger partial charge >= 0.3 is 0 Å². The van der Waals surface area contributed by atoms with Crippen LogP contribution < -0.4 is 5.32 Å². The summed E-state index contributed by atoms with van der Waals surface area (Å²) in [7, 11) is 1.73. The van der Waals surface area contributed by atoms with Crippen LogP contribution in [0, 0.1) is 5.82 Å². The Hall–Kier alpha value is -2.49. The van der Waals surface area contributed by atoms with E-state index in [1.807, 2.05) is 12.1 Å². The van der Waals surface area contributed by atoms with Crippen LogP contribution in [0.2, 0.25) is 0 Å². The number of rotatable bonds is 2. The molecule has 0 radical (unpaired) electrons. The molecule has 1 aliphatic rings. The van der Waals surface area contributed by atoms with Crippen LogP contribution in [-0.2, 0) is 6.42 Å². The summed E-state index contributed by atoms with van der Waals surface area (Å²) in [6, 6.07) is 12.9. The lowest BCUT2D eigenvalue weighted by Gasteiger charge is -2.12. The monoisotopic (exact) mass is 295 g/mol. The molecule has 2 aromatic rings. The van der Waals surface area contributed by atoms with Gasteiger partial charge in [-0.3, -0.25) is 9.98 Å². The van der Waals surface area contributed by atoms with E-state index in [0.29, 0.717) is 17.8 Å². The highest BCUT2D eigenvalue weighted by Crippen LogP contribution is 2.25. The number of hydrogen-bond acceptors (Lipinski definition) is 2. The average molecular weight is 295 g/mol. The molecule has 2 aromatic carbocycles. The van der Waals surface area contributed by atoms with Crippen LogP contribution in [0.25, 0.3) is 0 Å². The van der Waals surface area contributed by atoms with Gasteiger partial charge in [-0.15, -0.1) is 0 Å². The summed E-state index contributed by atoms with van der Waals surface area (Å²) in [6.45, 7) is 2.51. The highest BCUT2D eigenvalue weighted by Gasteiger charge is 2.19. The molecule has 22 heavy (non-hydrogen) atoms. The summed E-state index contributed by atoms with van der Waals surface area (Å²) in [4.78, 5) is 8.81. The minimum Gasteiger partial charge on any atom is -0.342 e. The van der Waals surface area contributed by atoms with Crippen molar-refractivity contribution in [2.24, 2.45) is 9.98 Å². The molecule has 0 amide bonds. The third-order valence-corrected chi connectivity index (χ3v) is 3.81. The van der Waals surface area contributed by atoms with Gasteiger partial charge in [0.2, 0.25) is 0 Å². The predicted molar refractivity (Wildman–Crippen MR) is 89.7 cm³/mol. The van der Waals surface area contributed by atoms with Gasteiger partial charge in [-0.05, 0) is 36.2 Å². The Labute approximate surface area is 129 Å². The number of nitrogens with zero attached hydrogens (tertiary/aromatic N) is 2. The maximum Gasteiger partial charge on any atom is 0.132 e. The smallest absolute Gasteiger partial charge is 0.132 e. The Morgan fingerprint density at radius 3 is 2.73 bits per heavy atom. The first kappa shape index (κ1) is 14.4. The fraction of sp³-hybridized carbons (Fsp3) is 0.222. The number of nitrogens with one attached hydrogen (secondary N) is 1. The van der Waals surface area contributed by atoms with E-state index < -0.39 is 0 Å². The number of hydrogen-bond donors (Lipinski definition) is 1. The van der Waals surface area contributed by atoms with E-state index in [9.17, 15) is 4.39 Å². The lowest BCUT2D eigenvalue weighted by molar-refractivity contribution is 0.625. The van der Waals surface area contributed by atoms with Crippen molar-refractivity contribution in [1.82, 2.24) is 0 Å². The van der Waals surface area contributed by atoms with Gasteiger partial charge in [0.1, 0.15) is 11.7 Å². The molecule has 4 heteroatoms. The quantitative estimate of drug-likeness (QED) is 0.901. The zero-order valence-electron chi connectivity index (χ0n) is 12.7. The van der Waals surface area contributed by atoms with E-state index >= 15 is 0 Å². The Balaban J connectivity index is 2.21. The Bertz CT molecular complexity index is 763. The van der Waals surface area contributed by atoms with E-state index in [1.54, 1.807) is 19.2 Å². The first-order valence-electron chi connectivity index (χ1n) is 7.38. The Kier molecular flexibility index (Phi) is 4.00. The second-order valence-corrected chi connectivity index (χ2v) is 5.17. The molecule has 0 aromatic heterocycles. The second kappa shape index (κ2) is 6.10. The Morgan fingerprint density at radius 1 is 1.18 bits per heavy atom. The molecule has 1 aliphatic heterocycles. The van der Waals surface area contributed by atoms with Gasteiger partial charge in [-0.2, -0.15) is 0 Å². The number of aryl methyl sites for hydroxylation is 1. The van der Waals surface area contributed by atoms with E-state index in [1.165, 1.54) is 11.6 Å². The highest BCUT2D eigenvalue weighted by atomic mass is 19.1. The first-order chi connectivity index (χ1) is 10.7. The summed E-state index contributed by atoms with van der Waals surface area (Å²) in [6.07, 6.45) is 0.923. The number of amidine groups is 1. The molecule has 0 spiro atoms. The van der Waals surface area contributed by atoms with Crippen molar-refractivity contribution in [3.8, 4) is 0 Å². The van der Waals surface area contributed by atoms with Gasteiger partial charge < -0.3 is 5.32 Å². The van der Waals surface area contributed by atoms with Crippen LogP contribution in [0.1, 0.15) is 23.6 Å². The molecule has 0 aliphatic carbocycles. The van der Waals surface area contributed by atoms with Crippen LogP contribution in [0.4, 0.5) is 10.1 Å². The third-order valence-electron chi connectivity index (χ3n) is 3.81. The molecule has 0 fully saturated rings. The van der Waals surface area contributed by atoms with Gasteiger partial charge in [0, 0.05) is 23.9 Å². The van der Waals surface area contributed by atoms with Crippen molar-refractivity contribution in [3.05, 3.63) is 65.0 Å². The first-order valence-corrected chi connectivity index (χ1v) is 7.38. The van der Waals surface area contributed by atoms with Gasteiger partial charge in [-0.1, -0.05) is 25.1 Å². The van der Waals surface area contributed by atoms with Crippen LogP contribution in [0.3, 0.4) is 0 Å². The molecule has 112 valence electrons.